The molecular weight excluding hydrogens is 454 g/mol. The minimum absolute atomic E-state index is 0.0488. The van der Waals surface area contributed by atoms with Gasteiger partial charge in [-0.25, -0.2) is 4.98 Å². The number of aliphatic hydroxyl groups excluding tert-OH is 1. The maximum atomic E-state index is 10.7. The molecule has 4 rings (SSSR count). The number of aryl methyl sites for hydroxylation is 1. The minimum atomic E-state index is -0.0488. The summed E-state index contributed by atoms with van der Waals surface area (Å²) < 4.78 is 8.71. The fourth-order valence-corrected chi connectivity index (χ4v) is 4.95. The molecular formula is C24H21N5O2S2. The average Bonchev–Trinajstić information content (AvgIpc) is 3.41. The van der Waals surface area contributed by atoms with E-state index < -0.39 is 0 Å². The summed E-state index contributed by atoms with van der Waals surface area (Å²) in [5.41, 5.74) is 2.08. The van der Waals surface area contributed by atoms with E-state index in [1.54, 1.807) is 6.08 Å². The van der Waals surface area contributed by atoms with Crippen LogP contribution in [0.1, 0.15) is 16.4 Å². The van der Waals surface area contributed by atoms with Crippen LogP contribution in [-0.4, -0.2) is 30.6 Å². The Hall–Kier alpha value is -3.61. The zero-order valence-corrected chi connectivity index (χ0v) is 19.6. The van der Waals surface area contributed by atoms with Crippen molar-refractivity contribution < 1.29 is 9.84 Å². The number of para-hydroxylation sites is 1. The maximum absolute atomic E-state index is 10.7. The Morgan fingerprint density at radius 3 is 2.88 bits per heavy atom. The number of thioether (sulfide) groups is 1. The van der Waals surface area contributed by atoms with Gasteiger partial charge in [-0.3, -0.25) is 4.57 Å². The molecule has 0 spiro atoms. The lowest BCUT2D eigenvalue weighted by molar-refractivity contribution is 0.289. The van der Waals surface area contributed by atoms with Crippen molar-refractivity contribution in [3.05, 3.63) is 83.3 Å². The number of nitriles is 1. The monoisotopic (exact) mass is 475 g/mol. The van der Waals surface area contributed by atoms with Crippen LogP contribution in [-0.2, 0) is 13.2 Å². The summed E-state index contributed by atoms with van der Waals surface area (Å²) >= 11 is 2.67. The van der Waals surface area contributed by atoms with Crippen LogP contribution < -0.4 is 4.74 Å². The van der Waals surface area contributed by atoms with Gasteiger partial charge in [-0.05, 0) is 36.8 Å². The van der Waals surface area contributed by atoms with Gasteiger partial charge in [0, 0.05) is 6.54 Å². The Bertz CT molecular complexity index is 1330. The summed E-state index contributed by atoms with van der Waals surface area (Å²) in [5, 5.41) is 29.9. The second-order valence-electron chi connectivity index (χ2n) is 7.11. The quantitative estimate of drug-likeness (QED) is 0.147. The molecule has 0 fully saturated rings. The van der Waals surface area contributed by atoms with Crippen molar-refractivity contribution in [2.75, 3.05) is 5.75 Å². The highest BCUT2D eigenvalue weighted by molar-refractivity contribution is 7.99. The number of hydrogen-bond donors (Lipinski definition) is 1. The zero-order chi connectivity index (χ0) is 23.2. The number of aliphatic hydroxyl groups is 1. The molecule has 0 saturated heterocycles. The SMILES string of the molecule is C=CCn1c(COc2cccc(C)c2)nnc1SC/C(O)=C(\C#N)c1nc2ccccc2s1. The molecule has 0 aliphatic rings. The predicted molar refractivity (Wildman–Crippen MR) is 131 cm³/mol. The topological polar surface area (TPSA) is 96.9 Å². The summed E-state index contributed by atoms with van der Waals surface area (Å²) in [7, 11) is 0. The van der Waals surface area contributed by atoms with Gasteiger partial charge in [0.25, 0.3) is 0 Å². The average molecular weight is 476 g/mol. The smallest absolute Gasteiger partial charge is 0.192 e. The van der Waals surface area contributed by atoms with Crippen LogP contribution in [0.25, 0.3) is 15.8 Å². The molecule has 7 nitrogen and oxygen atoms in total. The zero-order valence-electron chi connectivity index (χ0n) is 17.9. The third-order valence-corrected chi connectivity index (χ3v) is 6.74. The summed E-state index contributed by atoms with van der Waals surface area (Å²) in [6.45, 7) is 6.56. The number of nitrogens with zero attached hydrogens (tertiary/aromatic N) is 5. The van der Waals surface area contributed by atoms with Crippen LogP contribution in [0.5, 0.6) is 5.75 Å². The van der Waals surface area contributed by atoms with Crippen molar-refractivity contribution in [2.45, 2.75) is 25.2 Å². The molecule has 0 bridgehead atoms. The highest BCUT2D eigenvalue weighted by atomic mass is 32.2. The molecule has 4 aromatic rings. The Morgan fingerprint density at radius 1 is 1.27 bits per heavy atom. The summed E-state index contributed by atoms with van der Waals surface area (Å²) in [5.74, 6) is 1.51. The van der Waals surface area contributed by atoms with Gasteiger partial charge in [0.2, 0.25) is 0 Å². The summed E-state index contributed by atoms with van der Waals surface area (Å²) in [4.78, 5) is 4.48. The number of ether oxygens (including phenoxy) is 1. The molecule has 0 saturated carbocycles. The number of hydrogen-bond acceptors (Lipinski definition) is 8. The van der Waals surface area contributed by atoms with Gasteiger partial charge >= 0.3 is 0 Å². The van der Waals surface area contributed by atoms with Crippen molar-refractivity contribution in [3.63, 3.8) is 0 Å². The van der Waals surface area contributed by atoms with Crippen molar-refractivity contribution in [3.8, 4) is 11.8 Å². The summed E-state index contributed by atoms with van der Waals surface area (Å²) in [6, 6.07) is 17.5. The lowest BCUT2D eigenvalue weighted by Crippen LogP contribution is -2.08. The Morgan fingerprint density at radius 2 is 2.12 bits per heavy atom. The van der Waals surface area contributed by atoms with Gasteiger partial charge in [-0.1, -0.05) is 42.1 Å². The van der Waals surface area contributed by atoms with E-state index in [9.17, 15) is 10.4 Å². The summed E-state index contributed by atoms with van der Waals surface area (Å²) in [6.07, 6.45) is 1.75. The first-order chi connectivity index (χ1) is 16.1. The third-order valence-electron chi connectivity index (χ3n) is 4.71. The van der Waals surface area contributed by atoms with Crippen molar-refractivity contribution in [2.24, 2.45) is 0 Å². The Labute approximate surface area is 199 Å². The standard InChI is InChI=1S/C24H21N5O2S2/c1-3-11-29-22(14-31-17-8-6-7-16(2)12-17)27-28-24(29)32-15-20(30)18(13-25)23-26-19-9-4-5-10-21(19)33-23/h3-10,12,30H,1,11,14-15H2,2H3/b20-18-. The van der Waals surface area contributed by atoms with Crippen LogP contribution in [0.4, 0.5) is 0 Å². The van der Waals surface area contributed by atoms with Gasteiger partial charge in [0.05, 0.1) is 16.0 Å². The first kappa shape index (κ1) is 22.6. The fraction of sp³-hybridized carbons (Fsp3) is 0.167. The van der Waals surface area contributed by atoms with Gasteiger partial charge in [-0.2, -0.15) is 5.26 Å². The van der Waals surface area contributed by atoms with Crippen LogP contribution >= 0.6 is 23.1 Å². The number of benzene rings is 2. The largest absolute Gasteiger partial charge is 0.510 e. The van der Waals surface area contributed by atoms with E-state index >= 15 is 0 Å². The van der Waals surface area contributed by atoms with E-state index in [2.05, 4.69) is 27.8 Å². The minimum Gasteiger partial charge on any atom is -0.510 e. The van der Waals surface area contributed by atoms with E-state index in [1.165, 1.54) is 23.1 Å². The van der Waals surface area contributed by atoms with Crippen LogP contribution in [0.15, 0.2) is 72.1 Å². The molecule has 166 valence electrons. The predicted octanol–water partition coefficient (Wildman–Crippen LogP) is 5.55. The fourth-order valence-electron chi connectivity index (χ4n) is 3.12. The van der Waals surface area contributed by atoms with E-state index in [-0.39, 0.29) is 23.7 Å². The number of allylic oxidation sites excluding steroid dienone is 2. The van der Waals surface area contributed by atoms with Gasteiger partial charge in [0.15, 0.2) is 11.0 Å². The van der Waals surface area contributed by atoms with E-state index in [0.29, 0.717) is 22.5 Å². The molecule has 9 heteroatoms. The van der Waals surface area contributed by atoms with E-state index in [1.807, 2.05) is 60.0 Å². The molecule has 0 amide bonds. The number of fused-ring (bicyclic) bond motifs is 1. The lowest BCUT2D eigenvalue weighted by atomic mass is 10.2. The highest BCUT2D eigenvalue weighted by Gasteiger charge is 2.17. The van der Waals surface area contributed by atoms with Crippen molar-refractivity contribution >= 4 is 38.9 Å². The normalized spacial score (nSPS) is 11.8. The molecule has 0 aliphatic heterocycles. The van der Waals surface area contributed by atoms with E-state index in [0.717, 1.165) is 21.5 Å². The second-order valence-corrected chi connectivity index (χ2v) is 9.09. The molecule has 2 heterocycles. The van der Waals surface area contributed by atoms with Crippen LogP contribution in [0, 0.1) is 18.3 Å². The first-order valence-corrected chi connectivity index (χ1v) is 11.9. The number of rotatable bonds is 9. The van der Waals surface area contributed by atoms with Gasteiger partial charge in [-0.15, -0.1) is 28.1 Å². The Balaban J connectivity index is 1.50. The maximum Gasteiger partial charge on any atom is 0.192 e. The van der Waals surface area contributed by atoms with Crippen molar-refractivity contribution in [1.82, 2.24) is 19.7 Å². The van der Waals surface area contributed by atoms with Crippen molar-refractivity contribution in [1.29, 1.82) is 5.26 Å². The first-order valence-electron chi connectivity index (χ1n) is 10.1. The molecule has 33 heavy (non-hydrogen) atoms. The molecule has 2 aromatic heterocycles. The third kappa shape index (κ3) is 5.25. The molecule has 0 radical (unpaired) electrons. The Kier molecular flexibility index (Phi) is 7.07. The molecule has 0 unspecified atom stereocenters. The molecule has 1 N–H and O–H groups in total. The molecule has 0 aliphatic carbocycles. The van der Waals surface area contributed by atoms with Crippen LogP contribution in [0.3, 0.4) is 0 Å². The lowest BCUT2D eigenvalue weighted by Gasteiger charge is -2.09. The second kappa shape index (κ2) is 10.3. The molecule has 2 aromatic carbocycles. The van der Waals surface area contributed by atoms with E-state index in [4.69, 9.17) is 4.74 Å². The highest BCUT2D eigenvalue weighted by Crippen LogP contribution is 2.30. The van der Waals surface area contributed by atoms with Crippen LogP contribution in [0.2, 0.25) is 0 Å². The number of aromatic nitrogens is 4. The van der Waals surface area contributed by atoms with Gasteiger partial charge in [0.1, 0.15) is 34.8 Å². The molecule has 0 atom stereocenters. The number of thiazole rings is 1. The van der Waals surface area contributed by atoms with Gasteiger partial charge < -0.3 is 9.84 Å².